The molecular weight excluding hydrogens is 164 g/mol. The number of carbonyl (C=O) groups is 2. The molecule has 0 aromatic heterocycles. The smallest absolute Gasteiger partial charge is 0.371 e. The summed E-state index contributed by atoms with van der Waals surface area (Å²) >= 11 is 0. The molecule has 0 rings (SSSR count). The molecule has 0 amide bonds. The van der Waals surface area contributed by atoms with Crippen LogP contribution in [0.25, 0.3) is 0 Å². The Balaban J connectivity index is 4.32. The number of carboxylic acids is 2. The van der Waals surface area contributed by atoms with Crippen molar-refractivity contribution in [2.24, 2.45) is 0 Å². The third-order valence-electron chi connectivity index (χ3n) is 0.822. The second kappa shape index (κ2) is 4.95. The molecule has 5 heteroatoms. The summed E-state index contributed by atoms with van der Waals surface area (Å²) in [6, 6.07) is 0. The molecule has 0 saturated carbocycles. The average molecular weight is 172 g/mol. The van der Waals surface area contributed by atoms with Crippen molar-refractivity contribution in [2.45, 2.75) is 0 Å². The van der Waals surface area contributed by atoms with E-state index in [1.807, 2.05) is 0 Å². The normalized spacial score (nSPS) is 10.5. The van der Waals surface area contributed by atoms with Gasteiger partial charge in [0.1, 0.15) is 6.61 Å². The first-order chi connectivity index (χ1) is 5.57. The van der Waals surface area contributed by atoms with Gasteiger partial charge in [-0.1, -0.05) is 12.7 Å². The largest absolute Gasteiger partial charge is 0.482 e. The van der Waals surface area contributed by atoms with Crippen molar-refractivity contribution in [3.8, 4) is 0 Å². The molecular formula is C7H8O5. The fourth-order valence-corrected chi connectivity index (χ4v) is 0.426. The first-order valence-corrected chi connectivity index (χ1v) is 2.99. The molecule has 0 saturated heterocycles. The molecule has 0 aliphatic heterocycles. The van der Waals surface area contributed by atoms with Gasteiger partial charge in [-0.3, -0.25) is 0 Å². The Labute approximate surface area is 68.6 Å². The third-order valence-corrected chi connectivity index (χ3v) is 0.822. The second-order valence-electron chi connectivity index (χ2n) is 1.75. The van der Waals surface area contributed by atoms with Gasteiger partial charge in [0.25, 0.3) is 0 Å². The second-order valence-corrected chi connectivity index (χ2v) is 1.75. The van der Waals surface area contributed by atoms with Crippen LogP contribution in [0.4, 0.5) is 0 Å². The van der Waals surface area contributed by atoms with Gasteiger partial charge in [0.15, 0.2) is 0 Å². The molecule has 0 spiro atoms. The van der Waals surface area contributed by atoms with Crippen LogP contribution in [0.2, 0.25) is 0 Å². The van der Waals surface area contributed by atoms with Gasteiger partial charge in [-0.05, 0) is 0 Å². The lowest BCUT2D eigenvalue weighted by Gasteiger charge is -2.00. The van der Waals surface area contributed by atoms with Gasteiger partial charge in [0, 0.05) is 0 Å². The number of hydrogen-bond donors (Lipinski definition) is 2. The van der Waals surface area contributed by atoms with E-state index in [0.29, 0.717) is 6.08 Å². The summed E-state index contributed by atoms with van der Waals surface area (Å²) in [4.78, 5) is 20.3. The number of carboxylic acid groups (broad SMARTS) is 2. The van der Waals surface area contributed by atoms with Gasteiger partial charge in [-0.15, -0.1) is 0 Å². The van der Waals surface area contributed by atoms with Crippen LogP contribution < -0.4 is 0 Å². The van der Waals surface area contributed by atoms with E-state index in [1.165, 1.54) is 6.08 Å². The minimum Gasteiger partial charge on any atom is -0.482 e. The Hall–Kier alpha value is -1.78. The number of rotatable bonds is 5. The molecule has 0 aromatic rings. The summed E-state index contributed by atoms with van der Waals surface area (Å²) in [5.41, 5.74) is 0. The molecule has 0 fully saturated rings. The van der Waals surface area contributed by atoms with Gasteiger partial charge >= 0.3 is 11.9 Å². The molecule has 66 valence electrons. The monoisotopic (exact) mass is 172 g/mol. The van der Waals surface area contributed by atoms with Crippen LogP contribution in [0.5, 0.6) is 0 Å². The predicted octanol–water partition coefficient (Wildman–Crippen LogP) is 0.242. The Morgan fingerprint density at radius 2 is 2.00 bits per heavy atom. The highest BCUT2D eigenvalue weighted by Crippen LogP contribution is 1.97. The van der Waals surface area contributed by atoms with E-state index in [4.69, 9.17) is 10.2 Å². The van der Waals surface area contributed by atoms with Crippen LogP contribution in [0.1, 0.15) is 0 Å². The zero-order valence-electron chi connectivity index (χ0n) is 6.19. The summed E-state index contributed by atoms with van der Waals surface area (Å²) in [5.74, 6) is -3.39. The lowest BCUT2D eigenvalue weighted by molar-refractivity contribution is -0.138. The highest BCUT2D eigenvalue weighted by Gasteiger charge is 2.09. The summed E-state index contributed by atoms with van der Waals surface area (Å²) in [7, 11) is 0. The van der Waals surface area contributed by atoms with E-state index < -0.39 is 17.7 Å². The summed E-state index contributed by atoms with van der Waals surface area (Å²) in [6.45, 7) is 3.24. The van der Waals surface area contributed by atoms with Crippen molar-refractivity contribution in [2.75, 3.05) is 6.61 Å². The molecule has 0 unspecified atom stereocenters. The number of ether oxygens (including phenoxy) is 1. The van der Waals surface area contributed by atoms with Crippen molar-refractivity contribution < 1.29 is 24.5 Å². The molecule has 0 heterocycles. The molecule has 0 atom stereocenters. The Morgan fingerprint density at radius 3 is 2.33 bits per heavy atom. The highest BCUT2D eigenvalue weighted by atomic mass is 16.5. The first kappa shape index (κ1) is 10.2. The molecule has 0 aliphatic carbocycles. The summed E-state index contributed by atoms with van der Waals surface area (Å²) in [5, 5.41) is 16.5. The van der Waals surface area contributed by atoms with Crippen molar-refractivity contribution in [3.63, 3.8) is 0 Å². The molecule has 0 bridgehead atoms. The van der Waals surface area contributed by atoms with Crippen LogP contribution in [-0.4, -0.2) is 28.8 Å². The lowest BCUT2D eigenvalue weighted by Crippen LogP contribution is -2.07. The molecule has 0 aliphatic rings. The van der Waals surface area contributed by atoms with E-state index in [0.717, 1.165) is 0 Å². The molecule has 5 nitrogen and oxygen atoms in total. The first-order valence-electron chi connectivity index (χ1n) is 2.99. The van der Waals surface area contributed by atoms with E-state index in [1.54, 1.807) is 0 Å². The van der Waals surface area contributed by atoms with Crippen molar-refractivity contribution in [1.29, 1.82) is 0 Å². The van der Waals surface area contributed by atoms with Crippen LogP contribution in [0.3, 0.4) is 0 Å². The van der Waals surface area contributed by atoms with Crippen LogP contribution in [0.15, 0.2) is 24.5 Å². The van der Waals surface area contributed by atoms with Crippen LogP contribution in [-0.2, 0) is 14.3 Å². The summed E-state index contributed by atoms with van der Waals surface area (Å²) in [6.07, 6.45) is 1.80. The van der Waals surface area contributed by atoms with Crippen LogP contribution in [0, 0.1) is 0 Å². The zero-order chi connectivity index (χ0) is 9.56. The fraction of sp³-hybridized carbons (Fsp3) is 0.143. The predicted molar refractivity (Wildman–Crippen MR) is 39.5 cm³/mol. The maximum Gasteiger partial charge on any atom is 0.371 e. The Bertz CT molecular complexity index is 228. The van der Waals surface area contributed by atoms with E-state index in [-0.39, 0.29) is 6.61 Å². The minimum atomic E-state index is -1.42. The van der Waals surface area contributed by atoms with Crippen molar-refractivity contribution in [1.82, 2.24) is 0 Å². The minimum absolute atomic E-state index is 0.0363. The standard InChI is InChI=1S/C7H8O5/c1-2-3-12-5(7(10)11)4-6(8)9/h2,4H,1,3H2,(H,8,9)(H,10,11)/b5-4+. The number of aliphatic carboxylic acids is 2. The van der Waals surface area contributed by atoms with Crippen molar-refractivity contribution >= 4 is 11.9 Å². The van der Waals surface area contributed by atoms with Gasteiger partial charge in [0.2, 0.25) is 5.76 Å². The average Bonchev–Trinajstić information content (AvgIpc) is 1.96. The van der Waals surface area contributed by atoms with Gasteiger partial charge < -0.3 is 14.9 Å². The maximum atomic E-state index is 10.2. The van der Waals surface area contributed by atoms with Crippen LogP contribution >= 0.6 is 0 Å². The highest BCUT2D eigenvalue weighted by molar-refractivity contribution is 5.92. The molecule has 12 heavy (non-hydrogen) atoms. The fourth-order valence-electron chi connectivity index (χ4n) is 0.426. The Morgan fingerprint density at radius 1 is 1.42 bits per heavy atom. The topological polar surface area (TPSA) is 83.8 Å². The third kappa shape index (κ3) is 4.10. The van der Waals surface area contributed by atoms with Gasteiger partial charge in [0.05, 0.1) is 6.08 Å². The van der Waals surface area contributed by atoms with Crippen molar-refractivity contribution in [3.05, 3.63) is 24.5 Å². The van der Waals surface area contributed by atoms with E-state index in [9.17, 15) is 9.59 Å². The lowest BCUT2D eigenvalue weighted by atomic mass is 10.4. The van der Waals surface area contributed by atoms with E-state index >= 15 is 0 Å². The zero-order valence-corrected chi connectivity index (χ0v) is 6.19. The quantitative estimate of drug-likeness (QED) is 0.352. The molecule has 0 aromatic carbocycles. The van der Waals surface area contributed by atoms with Gasteiger partial charge in [-0.25, -0.2) is 9.59 Å². The Kier molecular flexibility index (Phi) is 4.21. The SMILES string of the molecule is C=CCO/C(=C/C(=O)O)C(=O)O. The number of hydrogen-bond acceptors (Lipinski definition) is 3. The maximum absolute atomic E-state index is 10.2. The van der Waals surface area contributed by atoms with Gasteiger partial charge in [-0.2, -0.15) is 0 Å². The summed E-state index contributed by atoms with van der Waals surface area (Å²) < 4.78 is 4.53. The molecule has 0 radical (unpaired) electrons. The molecule has 2 N–H and O–H groups in total. The van der Waals surface area contributed by atoms with E-state index in [2.05, 4.69) is 11.3 Å².